The van der Waals surface area contributed by atoms with Crippen LogP contribution in [-0.2, 0) is 11.3 Å². The highest BCUT2D eigenvalue weighted by Gasteiger charge is 2.19. The van der Waals surface area contributed by atoms with Gasteiger partial charge in [0, 0.05) is 18.0 Å². The van der Waals surface area contributed by atoms with E-state index in [1.807, 2.05) is 12.1 Å². The number of rotatable bonds is 6. The molecule has 1 saturated heterocycles. The number of carbonyl (C=O) groups excluding carboxylic acids is 1. The first-order valence-corrected chi connectivity index (χ1v) is 8.96. The van der Waals surface area contributed by atoms with Crippen molar-refractivity contribution in [1.82, 2.24) is 10.3 Å². The van der Waals surface area contributed by atoms with Crippen molar-refractivity contribution in [1.29, 1.82) is 0 Å². The lowest BCUT2D eigenvalue weighted by atomic mass is 10.3. The van der Waals surface area contributed by atoms with Crippen molar-refractivity contribution in [2.24, 2.45) is 0 Å². The van der Waals surface area contributed by atoms with E-state index in [-0.39, 0.29) is 17.2 Å². The summed E-state index contributed by atoms with van der Waals surface area (Å²) in [5.74, 6) is 0.265. The topological polar surface area (TPSA) is 63.7 Å². The molecule has 3 rings (SSSR count). The maximum absolute atomic E-state index is 12.5. The lowest BCUT2D eigenvalue weighted by Gasteiger charge is -2.28. The highest BCUT2D eigenvalue weighted by Crippen LogP contribution is 2.30. The number of nitrogens with zero attached hydrogens (tertiary/aromatic N) is 2. The number of halogens is 2. The molecule has 1 amide bonds. The molecule has 9 heteroatoms. The number of anilines is 1. The molecule has 0 atom stereocenters. The number of morpholine rings is 1. The van der Waals surface area contributed by atoms with Crippen molar-refractivity contribution in [2.45, 2.75) is 20.1 Å². The highest BCUT2D eigenvalue weighted by atomic mass is 32.1. The molecule has 0 aromatic carbocycles. The van der Waals surface area contributed by atoms with Gasteiger partial charge < -0.3 is 19.7 Å². The van der Waals surface area contributed by atoms with E-state index in [2.05, 4.69) is 19.9 Å². The predicted octanol–water partition coefficient (Wildman–Crippen LogP) is 2.82. The molecule has 2 aromatic heterocycles. The van der Waals surface area contributed by atoms with Gasteiger partial charge in [-0.05, 0) is 25.1 Å². The Balaban J connectivity index is 1.64. The van der Waals surface area contributed by atoms with Gasteiger partial charge in [-0.3, -0.25) is 4.79 Å². The molecule has 0 unspecified atom stereocenters. The number of ether oxygens (including phenoxy) is 2. The maximum Gasteiger partial charge on any atom is 0.387 e. The van der Waals surface area contributed by atoms with Gasteiger partial charge in [0.2, 0.25) is 0 Å². The van der Waals surface area contributed by atoms with Crippen LogP contribution in [0.3, 0.4) is 0 Å². The van der Waals surface area contributed by atoms with Crippen LogP contribution in [0, 0.1) is 6.92 Å². The van der Waals surface area contributed by atoms with Gasteiger partial charge in [-0.15, -0.1) is 11.3 Å². The van der Waals surface area contributed by atoms with Gasteiger partial charge in [0.05, 0.1) is 25.5 Å². The molecule has 0 radical (unpaired) electrons. The Labute approximate surface area is 153 Å². The van der Waals surface area contributed by atoms with E-state index >= 15 is 0 Å². The Morgan fingerprint density at radius 2 is 2.19 bits per heavy atom. The number of thiophene rings is 1. The zero-order valence-electron chi connectivity index (χ0n) is 14.2. The summed E-state index contributed by atoms with van der Waals surface area (Å²) in [6, 6.07) is 7.03. The normalized spacial score (nSPS) is 14.5. The Kier molecular flexibility index (Phi) is 6.00. The van der Waals surface area contributed by atoms with Crippen molar-refractivity contribution in [3.8, 4) is 5.75 Å². The smallest absolute Gasteiger partial charge is 0.387 e. The highest BCUT2D eigenvalue weighted by molar-refractivity contribution is 7.14. The number of hydrogen-bond donors (Lipinski definition) is 1. The zero-order valence-corrected chi connectivity index (χ0v) is 15.0. The first-order valence-electron chi connectivity index (χ1n) is 8.15. The van der Waals surface area contributed by atoms with E-state index in [4.69, 9.17) is 4.74 Å². The second-order valence-corrected chi connectivity index (χ2v) is 6.95. The van der Waals surface area contributed by atoms with Crippen LogP contribution in [0.1, 0.15) is 20.2 Å². The monoisotopic (exact) mass is 383 g/mol. The standard InChI is InChI=1S/C17H19F2N3O3S/c1-11-9-13(25-17(18)19)15(26-11)16(23)20-10-12-3-2-4-14(21-12)22-5-7-24-8-6-22/h2-4,9,17H,5-8,10H2,1H3,(H,20,23). The van der Waals surface area contributed by atoms with Gasteiger partial charge in [-0.25, -0.2) is 4.98 Å². The number of aryl methyl sites for hydroxylation is 1. The first kappa shape index (κ1) is 18.5. The molecule has 1 aliphatic rings. The van der Waals surface area contributed by atoms with Crippen LogP contribution < -0.4 is 15.0 Å². The maximum atomic E-state index is 12.5. The third-order valence-electron chi connectivity index (χ3n) is 3.80. The molecule has 1 aliphatic heterocycles. The molecule has 26 heavy (non-hydrogen) atoms. The van der Waals surface area contributed by atoms with Crippen LogP contribution in [0.15, 0.2) is 24.3 Å². The minimum absolute atomic E-state index is 0.102. The lowest BCUT2D eigenvalue weighted by Crippen LogP contribution is -2.37. The van der Waals surface area contributed by atoms with Crippen LogP contribution in [0.25, 0.3) is 0 Å². The summed E-state index contributed by atoms with van der Waals surface area (Å²) in [7, 11) is 0. The van der Waals surface area contributed by atoms with Crippen molar-refractivity contribution in [3.05, 3.63) is 39.7 Å². The number of alkyl halides is 2. The number of nitrogens with one attached hydrogen (secondary N) is 1. The average Bonchev–Trinajstić information content (AvgIpc) is 3.00. The average molecular weight is 383 g/mol. The predicted molar refractivity (Wildman–Crippen MR) is 94.1 cm³/mol. The fourth-order valence-corrected chi connectivity index (χ4v) is 3.48. The number of pyridine rings is 1. The quantitative estimate of drug-likeness (QED) is 0.831. The molecule has 1 fully saturated rings. The largest absolute Gasteiger partial charge is 0.433 e. The van der Waals surface area contributed by atoms with Crippen LogP contribution in [-0.4, -0.2) is 43.8 Å². The first-order chi connectivity index (χ1) is 12.5. The molecule has 0 aliphatic carbocycles. The van der Waals surface area contributed by atoms with Gasteiger partial charge in [0.1, 0.15) is 16.4 Å². The Morgan fingerprint density at radius 1 is 1.42 bits per heavy atom. The summed E-state index contributed by atoms with van der Waals surface area (Å²) in [4.78, 5) is 19.9. The fourth-order valence-electron chi connectivity index (χ4n) is 2.62. The molecular formula is C17H19F2N3O3S. The number of aromatic nitrogens is 1. The third-order valence-corrected chi connectivity index (χ3v) is 4.83. The molecule has 140 valence electrons. The number of hydrogen-bond acceptors (Lipinski definition) is 6. The van der Waals surface area contributed by atoms with E-state index in [0.29, 0.717) is 18.9 Å². The lowest BCUT2D eigenvalue weighted by molar-refractivity contribution is -0.0498. The van der Waals surface area contributed by atoms with Crippen molar-refractivity contribution >= 4 is 23.1 Å². The molecule has 0 spiro atoms. The second kappa shape index (κ2) is 8.41. The van der Waals surface area contributed by atoms with Gasteiger partial charge in [-0.2, -0.15) is 8.78 Å². The van der Waals surface area contributed by atoms with E-state index in [0.717, 1.165) is 35.1 Å². The Morgan fingerprint density at radius 3 is 2.92 bits per heavy atom. The summed E-state index contributed by atoms with van der Waals surface area (Å²) in [5, 5.41) is 2.71. The van der Waals surface area contributed by atoms with E-state index < -0.39 is 12.5 Å². The van der Waals surface area contributed by atoms with Crippen LogP contribution in [0.5, 0.6) is 5.75 Å². The van der Waals surface area contributed by atoms with E-state index in [1.165, 1.54) is 6.07 Å². The van der Waals surface area contributed by atoms with Crippen molar-refractivity contribution in [3.63, 3.8) is 0 Å². The second-order valence-electron chi connectivity index (χ2n) is 5.70. The van der Waals surface area contributed by atoms with Crippen LogP contribution in [0.4, 0.5) is 14.6 Å². The van der Waals surface area contributed by atoms with Gasteiger partial charge >= 0.3 is 6.61 Å². The van der Waals surface area contributed by atoms with Gasteiger partial charge in [0.15, 0.2) is 0 Å². The van der Waals surface area contributed by atoms with Crippen molar-refractivity contribution in [2.75, 3.05) is 31.2 Å². The molecule has 0 saturated carbocycles. The molecule has 3 heterocycles. The molecule has 0 bridgehead atoms. The molecular weight excluding hydrogens is 364 g/mol. The number of carbonyl (C=O) groups is 1. The van der Waals surface area contributed by atoms with Gasteiger partial charge in [-0.1, -0.05) is 6.07 Å². The van der Waals surface area contributed by atoms with Crippen molar-refractivity contribution < 1.29 is 23.0 Å². The Bertz CT molecular complexity index is 763. The van der Waals surface area contributed by atoms with E-state index in [9.17, 15) is 13.6 Å². The zero-order chi connectivity index (χ0) is 18.5. The summed E-state index contributed by atoms with van der Waals surface area (Å²) in [6.45, 7) is 1.81. The van der Waals surface area contributed by atoms with Crippen LogP contribution in [0.2, 0.25) is 0 Å². The fraction of sp³-hybridized carbons (Fsp3) is 0.412. The SMILES string of the molecule is Cc1cc(OC(F)F)c(C(=O)NCc2cccc(N3CCOCC3)n2)s1. The summed E-state index contributed by atoms with van der Waals surface area (Å²) >= 11 is 1.11. The Hall–Kier alpha value is -2.26. The molecule has 1 N–H and O–H groups in total. The van der Waals surface area contributed by atoms with Crippen LogP contribution >= 0.6 is 11.3 Å². The third kappa shape index (κ3) is 4.67. The molecule has 6 nitrogen and oxygen atoms in total. The summed E-state index contributed by atoms with van der Waals surface area (Å²) in [5.41, 5.74) is 0.687. The minimum atomic E-state index is -2.97. The number of amides is 1. The summed E-state index contributed by atoms with van der Waals surface area (Å²) in [6.07, 6.45) is 0. The molecule has 2 aromatic rings. The van der Waals surface area contributed by atoms with E-state index in [1.54, 1.807) is 13.0 Å². The summed E-state index contributed by atoms with van der Waals surface area (Å²) < 4.78 is 34.7. The minimum Gasteiger partial charge on any atom is -0.433 e. The van der Waals surface area contributed by atoms with Gasteiger partial charge in [0.25, 0.3) is 5.91 Å².